The Morgan fingerprint density at radius 3 is 2.60 bits per heavy atom. The quantitative estimate of drug-likeness (QED) is 0.338. The van der Waals surface area contributed by atoms with E-state index in [4.69, 9.17) is 32.4 Å². The normalized spacial score (nSPS) is 13.2. The van der Waals surface area contributed by atoms with Gasteiger partial charge in [0.1, 0.15) is 11.3 Å². The van der Waals surface area contributed by atoms with Gasteiger partial charge in [0.2, 0.25) is 0 Å². The van der Waals surface area contributed by atoms with E-state index in [9.17, 15) is 4.79 Å². The lowest BCUT2D eigenvalue weighted by molar-refractivity contribution is 0.287. The van der Waals surface area contributed by atoms with Crippen molar-refractivity contribution in [3.63, 3.8) is 0 Å². The van der Waals surface area contributed by atoms with Gasteiger partial charge in [-0.1, -0.05) is 59.6 Å². The molecule has 0 fully saturated rings. The number of halogens is 2. The summed E-state index contributed by atoms with van der Waals surface area (Å²) in [5.74, 6) is 0.741. The molecule has 0 spiro atoms. The van der Waals surface area contributed by atoms with Crippen LogP contribution in [0.3, 0.4) is 0 Å². The number of hydrogen-bond acceptors (Lipinski definition) is 4. The lowest BCUT2D eigenvalue weighted by atomic mass is 9.97. The SMILES string of the molecule is Cc1c2c(cc3c(-c4ccccc4)cc(=O)oc13)CN(c1cccc(Cl)c1Cl)CO2. The highest BCUT2D eigenvalue weighted by molar-refractivity contribution is 6.43. The van der Waals surface area contributed by atoms with Gasteiger partial charge < -0.3 is 14.1 Å². The molecule has 4 aromatic rings. The summed E-state index contributed by atoms with van der Waals surface area (Å²) in [6, 6.07) is 18.9. The van der Waals surface area contributed by atoms with Gasteiger partial charge in [0.25, 0.3) is 0 Å². The van der Waals surface area contributed by atoms with Crippen LogP contribution >= 0.6 is 23.2 Å². The number of anilines is 1. The molecule has 0 unspecified atom stereocenters. The second-order valence-corrected chi connectivity index (χ2v) is 8.04. The first-order valence-electron chi connectivity index (χ1n) is 9.50. The molecule has 0 N–H and O–H groups in total. The van der Waals surface area contributed by atoms with Gasteiger partial charge in [-0.25, -0.2) is 4.79 Å². The van der Waals surface area contributed by atoms with Crippen molar-refractivity contribution >= 4 is 39.9 Å². The number of nitrogens with zero attached hydrogens (tertiary/aromatic N) is 1. The number of benzene rings is 3. The third kappa shape index (κ3) is 3.13. The van der Waals surface area contributed by atoms with E-state index in [1.54, 1.807) is 12.1 Å². The van der Waals surface area contributed by atoms with Crippen molar-refractivity contribution in [3.8, 4) is 16.9 Å². The van der Waals surface area contributed by atoms with Crippen molar-refractivity contribution in [1.82, 2.24) is 0 Å². The van der Waals surface area contributed by atoms with E-state index in [1.165, 1.54) is 0 Å². The lowest BCUT2D eigenvalue weighted by Crippen LogP contribution is -2.32. The molecule has 30 heavy (non-hydrogen) atoms. The van der Waals surface area contributed by atoms with Crippen molar-refractivity contribution in [2.45, 2.75) is 13.5 Å². The molecular weight excluding hydrogens is 421 g/mol. The summed E-state index contributed by atoms with van der Waals surface area (Å²) >= 11 is 12.6. The molecule has 0 saturated heterocycles. The molecule has 0 amide bonds. The maximum atomic E-state index is 12.3. The smallest absolute Gasteiger partial charge is 0.336 e. The van der Waals surface area contributed by atoms with E-state index >= 15 is 0 Å². The Kier molecular flexibility index (Phi) is 4.69. The Labute approximate surface area is 183 Å². The van der Waals surface area contributed by atoms with Crippen molar-refractivity contribution in [3.05, 3.63) is 92.3 Å². The predicted octanol–water partition coefficient (Wildman–Crippen LogP) is 6.43. The molecule has 6 heteroatoms. The van der Waals surface area contributed by atoms with Gasteiger partial charge in [0.05, 0.1) is 15.7 Å². The molecule has 1 aromatic heterocycles. The molecule has 1 aliphatic rings. The van der Waals surface area contributed by atoms with Crippen LogP contribution in [0.5, 0.6) is 5.75 Å². The maximum absolute atomic E-state index is 12.3. The molecule has 0 atom stereocenters. The monoisotopic (exact) mass is 437 g/mol. The molecule has 4 nitrogen and oxygen atoms in total. The fourth-order valence-electron chi connectivity index (χ4n) is 3.97. The number of ether oxygens (including phenoxy) is 1. The Balaban J connectivity index is 1.68. The Morgan fingerprint density at radius 2 is 1.80 bits per heavy atom. The fourth-order valence-corrected chi connectivity index (χ4v) is 4.38. The minimum Gasteiger partial charge on any atom is -0.472 e. The third-order valence-corrected chi connectivity index (χ3v) is 6.18. The number of hydrogen-bond donors (Lipinski definition) is 0. The topological polar surface area (TPSA) is 42.7 Å². The van der Waals surface area contributed by atoms with Crippen LogP contribution < -0.4 is 15.3 Å². The maximum Gasteiger partial charge on any atom is 0.336 e. The van der Waals surface area contributed by atoms with Crippen molar-refractivity contribution in [2.75, 3.05) is 11.6 Å². The summed E-state index contributed by atoms with van der Waals surface area (Å²) in [6.45, 7) is 2.84. The zero-order valence-corrected chi connectivity index (χ0v) is 17.6. The molecule has 3 aromatic carbocycles. The molecule has 2 heterocycles. The van der Waals surface area contributed by atoms with Crippen LogP contribution in [-0.4, -0.2) is 6.73 Å². The first-order valence-corrected chi connectivity index (χ1v) is 10.3. The molecule has 5 rings (SSSR count). The zero-order valence-electron chi connectivity index (χ0n) is 16.1. The molecule has 150 valence electrons. The van der Waals surface area contributed by atoms with Crippen LogP contribution in [0.25, 0.3) is 22.1 Å². The molecule has 0 saturated carbocycles. The van der Waals surface area contributed by atoms with E-state index in [0.29, 0.717) is 28.9 Å². The molecule has 0 radical (unpaired) electrons. The van der Waals surface area contributed by atoms with Gasteiger partial charge in [0.15, 0.2) is 6.73 Å². The average Bonchev–Trinajstić information content (AvgIpc) is 2.76. The number of rotatable bonds is 2. The second-order valence-electron chi connectivity index (χ2n) is 7.26. The van der Waals surface area contributed by atoms with Gasteiger partial charge >= 0.3 is 5.63 Å². The summed E-state index contributed by atoms with van der Waals surface area (Å²) in [4.78, 5) is 14.3. The van der Waals surface area contributed by atoms with E-state index in [2.05, 4.69) is 0 Å². The first-order chi connectivity index (χ1) is 14.5. The van der Waals surface area contributed by atoms with Gasteiger partial charge in [-0.05, 0) is 36.2 Å². The van der Waals surface area contributed by atoms with Crippen molar-refractivity contribution in [2.24, 2.45) is 0 Å². The van der Waals surface area contributed by atoms with Crippen LogP contribution in [0, 0.1) is 6.92 Å². The van der Waals surface area contributed by atoms with Crippen molar-refractivity contribution < 1.29 is 9.15 Å². The van der Waals surface area contributed by atoms with Gasteiger partial charge in [-0.3, -0.25) is 0 Å². The molecule has 0 aliphatic carbocycles. The summed E-state index contributed by atoms with van der Waals surface area (Å²) in [5, 5.41) is 1.88. The number of aryl methyl sites for hydroxylation is 1. The number of fused-ring (bicyclic) bond motifs is 2. The predicted molar refractivity (Wildman–Crippen MR) is 121 cm³/mol. The van der Waals surface area contributed by atoms with Crippen LogP contribution in [0.15, 0.2) is 69.9 Å². The van der Waals surface area contributed by atoms with Crippen LogP contribution in [0.4, 0.5) is 5.69 Å². The standard InChI is InChI=1S/C24H17Cl2NO3/c1-14-23-16(12-27(13-29-23)20-9-5-8-19(25)22(20)26)10-18-17(11-21(28)30-24(14)18)15-6-3-2-4-7-15/h2-11H,12-13H2,1H3. The van der Waals surface area contributed by atoms with E-state index in [-0.39, 0.29) is 5.63 Å². The Bertz CT molecular complexity index is 1330. The summed E-state index contributed by atoms with van der Waals surface area (Å²) in [6.07, 6.45) is 0. The van der Waals surface area contributed by atoms with Crippen molar-refractivity contribution in [1.29, 1.82) is 0 Å². The van der Waals surface area contributed by atoms with Crippen LogP contribution in [0.2, 0.25) is 10.0 Å². The van der Waals surface area contributed by atoms with E-state index in [1.807, 2.05) is 60.4 Å². The summed E-state index contributed by atoms with van der Waals surface area (Å²) in [7, 11) is 0. The largest absolute Gasteiger partial charge is 0.472 e. The average molecular weight is 438 g/mol. The van der Waals surface area contributed by atoms with Crippen LogP contribution in [0.1, 0.15) is 11.1 Å². The molecular formula is C24H17Cl2NO3. The second kappa shape index (κ2) is 7.38. The van der Waals surface area contributed by atoms with Gasteiger partial charge in [-0.2, -0.15) is 0 Å². The zero-order chi connectivity index (χ0) is 20.8. The highest BCUT2D eigenvalue weighted by Crippen LogP contribution is 2.41. The molecule has 0 bridgehead atoms. The van der Waals surface area contributed by atoms with Gasteiger partial charge in [0, 0.05) is 29.1 Å². The highest BCUT2D eigenvalue weighted by Gasteiger charge is 2.25. The first kappa shape index (κ1) is 19.0. The summed E-state index contributed by atoms with van der Waals surface area (Å²) in [5.41, 5.74) is 4.59. The third-order valence-electron chi connectivity index (χ3n) is 5.37. The van der Waals surface area contributed by atoms with Gasteiger partial charge in [-0.15, -0.1) is 0 Å². The molecule has 1 aliphatic heterocycles. The highest BCUT2D eigenvalue weighted by atomic mass is 35.5. The minimum atomic E-state index is -0.382. The summed E-state index contributed by atoms with van der Waals surface area (Å²) < 4.78 is 11.7. The Hall–Kier alpha value is -2.95. The Morgan fingerprint density at radius 1 is 1.00 bits per heavy atom. The van der Waals surface area contributed by atoms with E-state index < -0.39 is 0 Å². The lowest BCUT2D eigenvalue weighted by Gasteiger charge is -2.32. The minimum absolute atomic E-state index is 0.321. The fraction of sp³-hybridized carbons (Fsp3) is 0.125. The van der Waals surface area contributed by atoms with Crippen LogP contribution in [-0.2, 0) is 6.54 Å². The van der Waals surface area contributed by atoms with E-state index in [0.717, 1.165) is 39.1 Å².